The average Bonchev–Trinajstić information content (AvgIpc) is 2.25. The lowest BCUT2D eigenvalue weighted by molar-refractivity contribution is 0.0821. The maximum atomic E-state index is 11.6. The van der Waals surface area contributed by atoms with Crippen LogP contribution in [-0.4, -0.2) is 47.4 Å². The lowest BCUT2D eigenvalue weighted by Crippen LogP contribution is -2.22. The van der Waals surface area contributed by atoms with Crippen molar-refractivity contribution in [3.63, 3.8) is 0 Å². The number of hydrogen-bond acceptors (Lipinski definition) is 4. The van der Waals surface area contributed by atoms with Crippen molar-refractivity contribution in [1.82, 2.24) is 9.88 Å². The van der Waals surface area contributed by atoms with E-state index in [0.717, 1.165) is 4.90 Å². The number of pyridine rings is 1. The average molecular weight is 226 g/mol. The molecule has 0 spiro atoms. The molecule has 0 saturated carbocycles. The highest BCUT2D eigenvalue weighted by Crippen LogP contribution is 2.17. The zero-order valence-corrected chi connectivity index (χ0v) is 9.62. The standard InChI is InChI=1S/C10H14N2O2S/c1-12(2)10(14)9-7-8(3-4-11-9)15-6-5-13/h3-4,7,13H,5-6H2,1-2H3. The summed E-state index contributed by atoms with van der Waals surface area (Å²) in [4.78, 5) is 18.0. The van der Waals surface area contributed by atoms with Gasteiger partial charge in [0.15, 0.2) is 0 Å². The van der Waals surface area contributed by atoms with Gasteiger partial charge in [-0.05, 0) is 12.1 Å². The smallest absolute Gasteiger partial charge is 0.271 e. The van der Waals surface area contributed by atoms with E-state index in [-0.39, 0.29) is 12.5 Å². The van der Waals surface area contributed by atoms with Gasteiger partial charge in [-0.25, -0.2) is 0 Å². The molecular formula is C10H14N2O2S. The molecule has 0 aliphatic carbocycles. The van der Waals surface area contributed by atoms with E-state index in [0.29, 0.717) is 11.4 Å². The fraction of sp³-hybridized carbons (Fsp3) is 0.400. The first-order chi connectivity index (χ1) is 7.15. The molecule has 0 aliphatic heterocycles. The molecule has 0 atom stereocenters. The third-order valence-electron chi connectivity index (χ3n) is 1.72. The van der Waals surface area contributed by atoms with Crippen molar-refractivity contribution in [2.24, 2.45) is 0 Å². The molecule has 0 unspecified atom stereocenters. The summed E-state index contributed by atoms with van der Waals surface area (Å²) in [6.07, 6.45) is 1.61. The fourth-order valence-corrected chi connectivity index (χ4v) is 1.69. The Bertz CT molecular complexity index is 342. The number of aliphatic hydroxyl groups is 1. The van der Waals surface area contributed by atoms with E-state index in [4.69, 9.17) is 5.11 Å². The van der Waals surface area contributed by atoms with Gasteiger partial charge in [0.05, 0.1) is 6.61 Å². The second-order valence-corrected chi connectivity index (χ2v) is 4.32. The van der Waals surface area contributed by atoms with Crippen LogP contribution in [-0.2, 0) is 0 Å². The lowest BCUT2D eigenvalue weighted by atomic mass is 10.3. The zero-order chi connectivity index (χ0) is 11.3. The molecule has 1 amide bonds. The first-order valence-electron chi connectivity index (χ1n) is 4.56. The van der Waals surface area contributed by atoms with Crippen molar-refractivity contribution in [3.8, 4) is 0 Å². The largest absolute Gasteiger partial charge is 0.396 e. The minimum absolute atomic E-state index is 0.110. The summed E-state index contributed by atoms with van der Waals surface area (Å²) in [5, 5.41) is 8.68. The number of aromatic nitrogens is 1. The molecule has 82 valence electrons. The summed E-state index contributed by atoms with van der Waals surface area (Å²) in [6.45, 7) is 0.129. The van der Waals surface area contributed by atoms with Crippen LogP contribution in [0.3, 0.4) is 0 Å². The summed E-state index contributed by atoms with van der Waals surface area (Å²) in [6, 6.07) is 3.56. The summed E-state index contributed by atoms with van der Waals surface area (Å²) >= 11 is 1.50. The highest BCUT2D eigenvalue weighted by atomic mass is 32.2. The van der Waals surface area contributed by atoms with Gasteiger partial charge < -0.3 is 10.0 Å². The summed E-state index contributed by atoms with van der Waals surface area (Å²) in [5.74, 6) is 0.515. The van der Waals surface area contributed by atoms with Crippen LogP contribution in [0, 0.1) is 0 Å². The van der Waals surface area contributed by atoms with Crippen LogP contribution >= 0.6 is 11.8 Å². The van der Waals surface area contributed by atoms with E-state index in [1.165, 1.54) is 16.7 Å². The second-order valence-electron chi connectivity index (χ2n) is 3.15. The summed E-state index contributed by atoms with van der Waals surface area (Å²) < 4.78 is 0. The van der Waals surface area contributed by atoms with Gasteiger partial charge in [0, 0.05) is 30.9 Å². The third-order valence-corrected chi connectivity index (χ3v) is 2.69. The number of hydrogen-bond donors (Lipinski definition) is 1. The Hall–Kier alpha value is -1.07. The van der Waals surface area contributed by atoms with Gasteiger partial charge in [-0.3, -0.25) is 9.78 Å². The van der Waals surface area contributed by atoms with Crippen molar-refractivity contribution in [2.45, 2.75) is 4.90 Å². The van der Waals surface area contributed by atoms with E-state index in [9.17, 15) is 4.79 Å². The molecule has 1 aromatic rings. The third kappa shape index (κ3) is 3.53. The molecule has 5 heteroatoms. The van der Waals surface area contributed by atoms with Gasteiger partial charge in [0.2, 0.25) is 0 Å². The van der Waals surface area contributed by atoms with Gasteiger partial charge in [-0.1, -0.05) is 0 Å². The van der Waals surface area contributed by atoms with Gasteiger partial charge in [0.1, 0.15) is 5.69 Å². The number of carbonyl (C=O) groups excluding carboxylic acids is 1. The Morgan fingerprint density at radius 3 is 2.93 bits per heavy atom. The van der Waals surface area contributed by atoms with Gasteiger partial charge in [-0.2, -0.15) is 0 Å². The number of carbonyl (C=O) groups is 1. The molecule has 0 radical (unpaired) electrons. The summed E-state index contributed by atoms with van der Waals surface area (Å²) in [5.41, 5.74) is 0.433. The number of amides is 1. The Morgan fingerprint density at radius 1 is 1.60 bits per heavy atom. The monoisotopic (exact) mass is 226 g/mol. The van der Waals surface area contributed by atoms with E-state index in [1.807, 2.05) is 6.07 Å². The first kappa shape index (κ1) is 12.0. The maximum Gasteiger partial charge on any atom is 0.271 e. The van der Waals surface area contributed by atoms with E-state index < -0.39 is 0 Å². The van der Waals surface area contributed by atoms with Gasteiger partial charge in [0.25, 0.3) is 5.91 Å². The zero-order valence-electron chi connectivity index (χ0n) is 8.80. The molecule has 1 aromatic heterocycles. The Balaban J connectivity index is 2.78. The highest BCUT2D eigenvalue weighted by Gasteiger charge is 2.09. The molecule has 0 aliphatic rings. The molecule has 1 rings (SSSR count). The van der Waals surface area contributed by atoms with Gasteiger partial charge >= 0.3 is 0 Å². The van der Waals surface area contributed by atoms with Crippen LogP contribution in [0.5, 0.6) is 0 Å². The van der Waals surface area contributed by atoms with E-state index in [1.54, 1.807) is 26.4 Å². The molecule has 0 bridgehead atoms. The Morgan fingerprint density at radius 2 is 2.33 bits per heavy atom. The molecule has 0 fully saturated rings. The molecular weight excluding hydrogens is 212 g/mol. The molecule has 4 nitrogen and oxygen atoms in total. The highest BCUT2D eigenvalue weighted by molar-refractivity contribution is 7.99. The first-order valence-corrected chi connectivity index (χ1v) is 5.55. The molecule has 15 heavy (non-hydrogen) atoms. The maximum absolute atomic E-state index is 11.6. The van der Waals surface area contributed by atoms with Crippen molar-refractivity contribution in [1.29, 1.82) is 0 Å². The molecule has 1 N–H and O–H groups in total. The molecule has 0 aromatic carbocycles. The normalized spacial score (nSPS) is 10.1. The fourth-order valence-electron chi connectivity index (χ4n) is 1.01. The van der Waals surface area contributed by atoms with E-state index in [2.05, 4.69) is 4.98 Å². The van der Waals surface area contributed by atoms with Crippen molar-refractivity contribution < 1.29 is 9.90 Å². The van der Waals surface area contributed by atoms with Crippen molar-refractivity contribution in [2.75, 3.05) is 26.5 Å². The predicted octanol–water partition coefficient (Wildman–Crippen LogP) is 0.868. The molecule has 1 heterocycles. The van der Waals surface area contributed by atoms with Crippen molar-refractivity contribution >= 4 is 17.7 Å². The summed E-state index contributed by atoms with van der Waals surface area (Å²) in [7, 11) is 3.38. The number of thioether (sulfide) groups is 1. The minimum Gasteiger partial charge on any atom is -0.396 e. The van der Waals surface area contributed by atoms with Crippen LogP contribution in [0.1, 0.15) is 10.5 Å². The van der Waals surface area contributed by atoms with Crippen LogP contribution in [0.25, 0.3) is 0 Å². The topological polar surface area (TPSA) is 53.4 Å². The number of nitrogens with zero attached hydrogens (tertiary/aromatic N) is 2. The lowest BCUT2D eigenvalue weighted by Gasteiger charge is -2.09. The van der Waals surface area contributed by atoms with Crippen LogP contribution in [0.15, 0.2) is 23.2 Å². The number of rotatable bonds is 4. The number of aliphatic hydroxyl groups excluding tert-OH is 1. The second kappa shape index (κ2) is 5.72. The van der Waals surface area contributed by atoms with Crippen LogP contribution in [0.2, 0.25) is 0 Å². The Kier molecular flexibility index (Phi) is 4.58. The van der Waals surface area contributed by atoms with Gasteiger partial charge in [-0.15, -0.1) is 11.8 Å². The van der Waals surface area contributed by atoms with E-state index >= 15 is 0 Å². The van der Waals surface area contributed by atoms with Crippen molar-refractivity contribution in [3.05, 3.63) is 24.0 Å². The SMILES string of the molecule is CN(C)C(=O)c1cc(SCCO)ccn1. The predicted molar refractivity (Wildman–Crippen MR) is 60.1 cm³/mol. The van der Waals surface area contributed by atoms with Crippen LogP contribution in [0.4, 0.5) is 0 Å². The molecule has 0 saturated heterocycles. The van der Waals surface area contributed by atoms with Crippen LogP contribution < -0.4 is 0 Å². The quantitative estimate of drug-likeness (QED) is 0.774. The Labute approximate surface area is 93.3 Å². The minimum atomic E-state index is -0.110.